The molecule has 1 heterocycles. The molecule has 4 nitrogen and oxygen atoms in total. The summed E-state index contributed by atoms with van der Waals surface area (Å²) >= 11 is 0. The first-order valence-electron chi connectivity index (χ1n) is 4.30. The molecule has 0 aliphatic rings. The molecule has 0 saturated carbocycles. The van der Waals surface area contributed by atoms with Crippen molar-refractivity contribution in [1.29, 1.82) is 0 Å². The number of rotatable bonds is 1. The number of hydrogen-bond donors (Lipinski definition) is 1. The molecule has 0 spiro atoms. The third-order valence-corrected chi connectivity index (χ3v) is 1.89. The maximum atomic E-state index is 12.3. The molecule has 1 aromatic carbocycles. The number of halogens is 3. The van der Waals surface area contributed by atoms with E-state index in [2.05, 4.69) is 5.10 Å². The van der Waals surface area contributed by atoms with Crippen molar-refractivity contribution in [3.05, 3.63) is 46.6 Å². The largest absolute Gasteiger partial charge is 0.451 e. The van der Waals surface area contributed by atoms with E-state index in [-0.39, 0.29) is 5.69 Å². The van der Waals surface area contributed by atoms with Crippen molar-refractivity contribution in [2.24, 2.45) is 0 Å². The molecular formula is C9H6F3N3O. The Kier molecular flexibility index (Phi) is 2.30. The van der Waals surface area contributed by atoms with Crippen molar-refractivity contribution in [2.45, 2.75) is 6.18 Å². The summed E-state index contributed by atoms with van der Waals surface area (Å²) < 4.78 is 37.4. The molecule has 2 rings (SSSR count). The van der Waals surface area contributed by atoms with Crippen LogP contribution < -0.4 is 5.69 Å². The second-order valence-electron chi connectivity index (χ2n) is 3.02. The average molecular weight is 229 g/mol. The summed E-state index contributed by atoms with van der Waals surface area (Å²) in [5, 5.41) is 3.17. The lowest BCUT2D eigenvalue weighted by Gasteiger charge is -2.00. The number of H-pyrrole nitrogens is 1. The third-order valence-electron chi connectivity index (χ3n) is 1.89. The molecular weight excluding hydrogens is 223 g/mol. The molecule has 7 heteroatoms. The first-order valence-corrected chi connectivity index (χ1v) is 4.30. The highest BCUT2D eigenvalue weighted by Crippen LogP contribution is 2.24. The Bertz CT molecular complexity index is 541. The van der Waals surface area contributed by atoms with Gasteiger partial charge in [-0.1, -0.05) is 18.2 Å². The summed E-state index contributed by atoms with van der Waals surface area (Å²) in [6.07, 6.45) is -4.65. The minimum atomic E-state index is -4.65. The lowest BCUT2D eigenvalue weighted by atomic mass is 10.3. The van der Waals surface area contributed by atoms with Crippen LogP contribution in [0.1, 0.15) is 5.82 Å². The maximum absolute atomic E-state index is 12.3. The summed E-state index contributed by atoms with van der Waals surface area (Å²) in [6, 6.07) is 7.87. The molecule has 0 atom stereocenters. The molecule has 1 aromatic heterocycles. The number of nitrogens with one attached hydrogen (secondary N) is 1. The summed E-state index contributed by atoms with van der Waals surface area (Å²) in [5.41, 5.74) is -0.641. The predicted molar refractivity (Wildman–Crippen MR) is 49.2 cm³/mol. The fourth-order valence-corrected chi connectivity index (χ4v) is 1.20. The zero-order valence-corrected chi connectivity index (χ0v) is 7.82. The Balaban J connectivity index is 2.53. The number of hydrogen-bond acceptors (Lipinski definition) is 2. The van der Waals surface area contributed by atoms with E-state index in [1.807, 2.05) is 0 Å². The minimum Gasteiger partial charge on any atom is -0.285 e. The highest BCUT2D eigenvalue weighted by Gasteiger charge is 2.35. The van der Waals surface area contributed by atoms with Gasteiger partial charge in [0.15, 0.2) is 0 Å². The van der Waals surface area contributed by atoms with Crippen LogP contribution in [0.4, 0.5) is 13.2 Å². The Morgan fingerprint density at radius 1 is 1.19 bits per heavy atom. The Labute approximate surface area is 87.3 Å². The van der Waals surface area contributed by atoms with Crippen molar-refractivity contribution in [2.75, 3.05) is 0 Å². The van der Waals surface area contributed by atoms with Gasteiger partial charge in [-0.25, -0.2) is 4.79 Å². The van der Waals surface area contributed by atoms with E-state index >= 15 is 0 Å². The van der Waals surface area contributed by atoms with E-state index in [9.17, 15) is 18.0 Å². The molecule has 0 bridgehead atoms. The van der Waals surface area contributed by atoms with Crippen LogP contribution in [-0.4, -0.2) is 14.8 Å². The fourth-order valence-electron chi connectivity index (χ4n) is 1.20. The second kappa shape index (κ2) is 3.51. The molecule has 0 unspecified atom stereocenters. The van der Waals surface area contributed by atoms with Crippen LogP contribution in [0.25, 0.3) is 5.69 Å². The monoisotopic (exact) mass is 229 g/mol. The lowest BCUT2D eigenvalue weighted by molar-refractivity contribution is -0.144. The van der Waals surface area contributed by atoms with Crippen LogP contribution in [0.3, 0.4) is 0 Å². The lowest BCUT2D eigenvalue weighted by Crippen LogP contribution is -2.15. The van der Waals surface area contributed by atoms with Crippen molar-refractivity contribution in [3.8, 4) is 5.69 Å². The number of benzene rings is 1. The number of para-hydroxylation sites is 1. The topological polar surface area (TPSA) is 50.7 Å². The van der Waals surface area contributed by atoms with Gasteiger partial charge in [0.05, 0.1) is 5.69 Å². The van der Waals surface area contributed by atoms with Gasteiger partial charge in [-0.15, -0.1) is 5.10 Å². The van der Waals surface area contributed by atoms with E-state index in [4.69, 9.17) is 0 Å². The van der Waals surface area contributed by atoms with E-state index < -0.39 is 17.7 Å². The second-order valence-corrected chi connectivity index (χ2v) is 3.02. The van der Waals surface area contributed by atoms with E-state index in [0.29, 0.717) is 4.68 Å². The smallest absolute Gasteiger partial charge is 0.285 e. The van der Waals surface area contributed by atoms with Gasteiger partial charge in [0.1, 0.15) is 0 Å². The average Bonchev–Trinajstić information content (AvgIpc) is 2.61. The first-order chi connectivity index (χ1) is 7.48. The highest BCUT2D eigenvalue weighted by atomic mass is 19.4. The van der Waals surface area contributed by atoms with Crippen molar-refractivity contribution >= 4 is 0 Å². The molecule has 2 aromatic rings. The Hall–Kier alpha value is -2.05. The molecule has 84 valence electrons. The van der Waals surface area contributed by atoms with Crippen LogP contribution in [0.2, 0.25) is 0 Å². The third kappa shape index (κ3) is 1.83. The summed E-state index contributed by atoms with van der Waals surface area (Å²) in [5.74, 6) is -1.30. The molecule has 0 fully saturated rings. The van der Waals surface area contributed by atoms with Gasteiger partial charge >= 0.3 is 11.9 Å². The van der Waals surface area contributed by atoms with Gasteiger partial charge in [-0.05, 0) is 12.1 Å². The van der Waals surface area contributed by atoms with E-state index in [1.54, 1.807) is 23.2 Å². The molecule has 16 heavy (non-hydrogen) atoms. The van der Waals surface area contributed by atoms with Gasteiger partial charge < -0.3 is 0 Å². The quantitative estimate of drug-likeness (QED) is 0.807. The summed E-state index contributed by atoms with van der Waals surface area (Å²) in [4.78, 5) is 12.9. The SMILES string of the molecule is O=c1[nH]c(C(F)(F)F)nn1-c1ccccc1. The fraction of sp³-hybridized carbons (Fsp3) is 0.111. The summed E-state index contributed by atoms with van der Waals surface area (Å²) in [6.45, 7) is 0. The zero-order valence-electron chi connectivity index (χ0n) is 7.82. The van der Waals surface area contributed by atoms with Gasteiger partial charge in [-0.3, -0.25) is 4.98 Å². The van der Waals surface area contributed by atoms with Gasteiger partial charge in [0.2, 0.25) is 5.82 Å². The zero-order chi connectivity index (χ0) is 11.8. The predicted octanol–water partition coefficient (Wildman–Crippen LogP) is 1.58. The van der Waals surface area contributed by atoms with Crippen LogP contribution in [0.15, 0.2) is 35.1 Å². The molecule has 0 amide bonds. The maximum Gasteiger partial charge on any atom is 0.451 e. The number of alkyl halides is 3. The van der Waals surface area contributed by atoms with E-state index in [1.165, 1.54) is 12.1 Å². The molecule has 0 aliphatic heterocycles. The van der Waals surface area contributed by atoms with Crippen LogP contribution >= 0.6 is 0 Å². The summed E-state index contributed by atoms with van der Waals surface area (Å²) in [7, 11) is 0. The molecule has 1 N–H and O–H groups in total. The Morgan fingerprint density at radius 2 is 1.81 bits per heavy atom. The minimum absolute atomic E-state index is 0.277. The molecule has 0 aliphatic carbocycles. The van der Waals surface area contributed by atoms with Gasteiger partial charge in [-0.2, -0.15) is 17.9 Å². The van der Waals surface area contributed by atoms with Gasteiger partial charge in [0, 0.05) is 0 Å². The van der Waals surface area contributed by atoms with Crippen LogP contribution in [0, 0.1) is 0 Å². The van der Waals surface area contributed by atoms with Crippen LogP contribution in [-0.2, 0) is 6.18 Å². The van der Waals surface area contributed by atoms with Gasteiger partial charge in [0.25, 0.3) is 0 Å². The normalized spacial score (nSPS) is 11.7. The molecule has 0 radical (unpaired) electrons. The van der Waals surface area contributed by atoms with Crippen LogP contribution in [0.5, 0.6) is 0 Å². The highest BCUT2D eigenvalue weighted by molar-refractivity contribution is 5.29. The Morgan fingerprint density at radius 3 is 2.31 bits per heavy atom. The number of aromatic amines is 1. The standard InChI is InChI=1S/C9H6F3N3O/c10-9(11,12)7-13-8(16)15(14-7)6-4-2-1-3-5-6/h1-5H,(H,13,14,16). The molecule has 0 saturated heterocycles. The van der Waals surface area contributed by atoms with Crippen molar-refractivity contribution < 1.29 is 13.2 Å². The first kappa shape index (κ1) is 10.5. The van der Waals surface area contributed by atoms with Crippen molar-refractivity contribution in [1.82, 2.24) is 14.8 Å². The number of aromatic nitrogens is 3. The van der Waals surface area contributed by atoms with E-state index in [0.717, 1.165) is 0 Å². The van der Waals surface area contributed by atoms with Crippen molar-refractivity contribution in [3.63, 3.8) is 0 Å². The number of nitrogens with zero attached hydrogens (tertiary/aromatic N) is 2.